The normalized spacial score (nSPS) is 24.9. The Bertz CT molecular complexity index is 236. The first-order valence-electron chi connectivity index (χ1n) is 6.52. The number of hydrogen-bond acceptors (Lipinski definition) is 4. The van der Waals surface area contributed by atoms with Crippen LogP contribution in [-0.4, -0.2) is 40.8 Å². The minimum atomic E-state index is -0.810. The maximum Gasteiger partial charge on any atom is 0.0933 e. The Kier molecular flexibility index (Phi) is 6.47. The lowest BCUT2D eigenvalue weighted by molar-refractivity contribution is 0.0709. The monoisotopic (exact) mass is 243 g/mol. The maximum atomic E-state index is 9.33. The predicted molar refractivity (Wildman–Crippen MR) is 68.0 cm³/mol. The molecule has 1 rings (SSSR count). The summed E-state index contributed by atoms with van der Waals surface area (Å²) in [4.78, 5) is 0. The average molecular weight is 243 g/mol. The van der Waals surface area contributed by atoms with Gasteiger partial charge in [0.15, 0.2) is 0 Å². The van der Waals surface area contributed by atoms with E-state index in [4.69, 9.17) is 16.2 Å². The number of nitrogens with one attached hydrogen (secondary N) is 2. The van der Waals surface area contributed by atoms with Crippen molar-refractivity contribution in [3.8, 4) is 0 Å². The summed E-state index contributed by atoms with van der Waals surface area (Å²) in [5, 5.41) is 29.0. The highest BCUT2D eigenvalue weighted by Crippen LogP contribution is 2.15. The largest absolute Gasteiger partial charge is 0.394 e. The van der Waals surface area contributed by atoms with Crippen LogP contribution in [0.3, 0.4) is 0 Å². The van der Waals surface area contributed by atoms with E-state index in [0.717, 1.165) is 32.1 Å². The molecule has 5 heteroatoms. The van der Waals surface area contributed by atoms with Crippen LogP contribution in [0, 0.1) is 5.41 Å². The number of hydrogen-bond donors (Lipinski definition) is 5. The van der Waals surface area contributed by atoms with E-state index in [-0.39, 0.29) is 12.6 Å². The summed E-state index contributed by atoms with van der Waals surface area (Å²) < 4.78 is 0. The Morgan fingerprint density at radius 2 is 2.24 bits per heavy atom. The first kappa shape index (κ1) is 14.4. The van der Waals surface area contributed by atoms with Gasteiger partial charge in [0.1, 0.15) is 0 Å². The Labute approximate surface area is 103 Å². The maximum absolute atomic E-state index is 9.33. The molecule has 0 spiro atoms. The van der Waals surface area contributed by atoms with Gasteiger partial charge in [-0.15, -0.1) is 0 Å². The zero-order valence-corrected chi connectivity index (χ0v) is 10.4. The summed E-state index contributed by atoms with van der Waals surface area (Å²) in [6, 6.07) is 0.0358. The third-order valence-electron chi connectivity index (χ3n) is 3.38. The molecule has 5 nitrogen and oxygen atoms in total. The summed E-state index contributed by atoms with van der Waals surface area (Å²) in [5.74, 6) is 0.646. The van der Waals surface area contributed by atoms with Gasteiger partial charge in [-0.2, -0.15) is 0 Å². The van der Waals surface area contributed by atoms with E-state index in [2.05, 4.69) is 5.32 Å². The van der Waals surface area contributed by atoms with Gasteiger partial charge in [0.25, 0.3) is 0 Å². The molecule has 0 radical (unpaired) electrons. The van der Waals surface area contributed by atoms with Gasteiger partial charge in [0, 0.05) is 18.5 Å². The summed E-state index contributed by atoms with van der Waals surface area (Å²) >= 11 is 0. The lowest BCUT2D eigenvalue weighted by Gasteiger charge is -2.20. The molecule has 0 aromatic rings. The molecule has 0 saturated carbocycles. The Morgan fingerprint density at radius 1 is 1.47 bits per heavy atom. The SMILES string of the molecule is N=C1CCCCC(CCCC(N)C(O)CO)N1. The molecule has 1 aliphatic rings. The van der Waals surface area contributed by atoms with Crippen molar-refractivity contribution in [2.24, 2.45) is 5.73 Å². The van der Waals surface area contributed by atoms with E-state index in [1.54, 1.807) is 0 Å². The minimum absolute atomic E-state index is 0.270. The van der Waals surface area contributed by atoms with Crippen molar-refractivity contribution in [2.45, 2.75) is 63.1 Å². The third-order valence-corrected chi connectivity index (χ3v) is 3.38. The predicted octanol–water partition coefficient (Wildman–Crippen LogP) is 0.347. The van der Waals surface area contributed by atoms with Crippen LogP contribution in [0.5, 0.6) is 0 Å². The second-order valence-electron chi connectivity index (χ2n) is 4.91. The molecular formula is C12H25N3O2. The topological polar surface area (TPSA) is 102 Å². The first-order chi connectivity index (χ1) is 8.13. The Morgan fingerprint density at radius 3 is 2.94 bits per heavy atom. The van der Waals surface area contributed by atoms with Crippen LogP contribution in [-0.2, 0) is 0 Å². The van der Waals surface area contributed by atoms with E-state index in [9.17, 15) is 5.11 Å². The summed E-state index contributed by atoms with van der Waals surface area (Å²) in [7, 11) is 0. The molecule has 0 aromatic carbocycles. The number of nitrogens with two attached hydrogens (primary N) is 1. The zero-order valence-electron chi connectivity index (χ0n) is 10.4. The molecule has 1 heterocycles. The van der Waals surface area contributed by atoms with Crippen LogP contribution in [0.15, 0.2) is 0 Å². The molecule has 3 unspecified atom stereocenters. The summed E-state index contributed by atoms with van der Waals surface area (Å²) in [6.45, 7) is -0.270. The highest BCUT2D eigenvalue weighted by atomic mass is 16.3. The molecule has 17 heavy (non-hydrogen) atoms. The van der Waals surface area contributed by atoms with Crippen molar-refractivity contribution in [1.82, 2.24) is 5.32 Å². The molecule has 0 amide bonds. The van der Waals surface area contributed by atoms with Crippen molar-refractivity contribution >= 4 is 5.84 Å². The quantitative estimate of drug-likeness (QED) is 0.464. The van der Waals surface area contributed by atoms with E-state index >= 15 is 0 Å². The van der Waals surface area contributed by atoms with Crippen LogP contribution in [0.1, 0.15) is 44.9 Å². The molecule has 1 saturated heterocycles. The molecular weight excluding hydrogens is 218 g/mol. The van der Waals surface area contributed by atoms with Crippen LogP contribution < -0.4 is 11.1 Å². The standard InChI is InChI=1S/C12H25N3O2/c13-10(11(17)8-16)6-3-5-9-4-1-2-7-12(14)15-9/h9-11,16-17H,1-8,13H2,(H2,14,15). The smallest absolute Gasteiger partial charge is 0.0933 e. The van der Waals surface area contributed by atoms with Crippen molar-refractivity contribution in [3.05, 3.63) is 0 Å². The molecule has 1 aliphatic heterocycles. The van der Waals surface area contributed by atoms with Crippen LogP contribution >= 0.6 is 0 Å². The van der Waals surface area contributed by atoms with E-state index in [1.165, 1.54) is 6.42 Å². The van der Waals surface area contributed by atoms with Gasteiger partial charge in [-0.1, -0.05) is 6.42 Å². The fourth-order valence-corrected chi connectivity index (χ4v) is 2.23. The van der Waals surface area contributed by atoms with E-state index in [1.807, 2.05) is 0 Å². The molecule has 0 bridgehead atoms. The molecule has 6 N–H and O–H groups in total. The Balaban J connectivity index is 2.18. The molecule has 1 fully saturated rings. The van der Waals surface area contributed by atoms with Gasteiger partial charge in [-0.25, -0.2) is 0 Å². The molecule has 100 valence electrons. The van der Waals surface area contributed by atoms with Crippen LogP contribution in [0.25, 0.3) is 0 Å². The average Bonchev–Trinajstić information content (AvgIpc) is 2.52. The molecule has 0 aliphatic carbocycles. The first-order valence-corrected chi connectivity index (χ1v) is 6.52. The van der Waals surface area contributed by atoms with E-state index in [0.29, 0.717) is 18.3 Å². The van der Waals surface area contributed by atoms with Crippen molar-refractivity contribution < 1.29 is 10.2 Å². The van der Waals surface area contributed by atoms with Crippen molar-refractivity contribution in [3.63, 3.8) is 0 Å². The second kappa shape index (κ2) is 7.63. The van der Waals surface area contributed by atoms with E-state index < -0.39 is 6.10 Å². The van der Waals surface area contributed by atoms with Gasteiger partial charge in [0.05, 0.1) is 18.5 Å². The number of aliphatic hydroxyl groups excluding tert-OH is 2. The van der Waals surface area contributed by atoms with Crippen molar-refractivity contribution in [1.29, 1.82) is 5.41 Å². The fourth-order valence-electron chi connectivity index (χ4n) is 2.23. The Hall–Kier alpha value is -0.650. The number of amidine groups is 1. The number of rotatable bonds is 6. The summed E-state index contributed by atoms with van der Waals surface area (Å²) in [5.41, 5.74) is 5.73. The van der Waals surface area contributed by atoms with Crippen molar-refractivity contribution in [2.75, 3.05) is 6.61 Å². The van der Waals surface area contributed by atoms with Gasteiger partial charge in [-0.3, -0.25) is 5.41 Å². The summed E-state index contributed by atoms with van der Waals surface area (Å²) in [6.07, 6.45) is 6.05. The minimum Gasteiger partial charge on any atom is -0.394 e. The van der Waals surface area contributed by atoms with Crippen LogP contribution in [0.4, 0.5) is 0 Å². The fraction of sp³-hybridized carbons (Fsp3) is 0.917. The molecule has 3 atom stereocenters. The molecule has 0 aromatic heterocycles. The van der Waals surface area contributed by atoms with Gasteiger partial charge < -0.3 is 21.3 Å². The highest BCUT2D eigenvalue weighted by molar-refractivity contribution is 5.79. The second-order valence-corrected chi connectivity index (χ2v) is 4.91. The van der Waals surface area contributed by atoms with Gasteiger partial charge in [0.2, 0.25) is 0 Å². The lowest BCUT2D eigenvalue weighted by atomic mass is 10.0. The number of aliphatic hydroxyl groups is 2. The third kappa shape index (κ3) is 5.48. The van der Waals surface area contributed by atoms with Gasteiger partial charge in [-0.05, 0) is 32.1 Å². The van der Waals surface area contributed by atoms with Gasteiger partial charge >= 0.3 is 0 Å². The lowest BCUT2D eigenvalue weighted by Crippen LogP contribution is -2.38. The highest BCUT2D eigenvalue weighted by Gasteiger charge is 2.16. The zero-order chi connectivity index (χ0) is 12.7. The van der Waals surface area contributed by atoms with Crippen LogP contribution in [0.2, 0.25) is 0 Å².